The van der Waals surface area contributed by atoms with Crippen LogP contribution >= 0.6 is 0 Å². The average molecular weight is 369 g/mol. The minimum atomic E-state index is -0.402. The molecular weight excluding hydrogens is 342 g/mol. The van der Waals surface area contributed by atoms with Crippen molar-refractivity contribution in [2.75, 3.05) is 13.1 Å². The van der Waals surface area contributed by atoms with Crippen molar-refractivity contribution >= 4 is 11.8 Å². The lowest BCUT2D eigenvalue weighted by molar-refractivity contribution is -0.131. The average Bonchev–Trinajstić information content (AvgIpc) is 3.28. The fourth-order valence-electron chi connectivity index (χ4n) is 3.55. The number of nitrogens with one attached hydrogen (secondary N) is 1. The minimum absolute atomic E-state index is 0.0208. The zero-order valence-corrected chi connectivity index (χ0v) is 16.2. The molecule has 1 aliphatic heterocycles. The van der Waals surface area contributed by atoms with Gasteiger partial charge < -0.3 is 14.7 Å². The van der Waals surface area contributed by atoms with E-state index in [1.807, 2.05) is 35.2 Å². The maximum atomic E-state index is 12.6. The summed E-state index contributed by atoms with van der Waals surface area (Å²) in [5.41, 5.74) is 1.20. The molecular formula is C21H27N3O3. The van der Waals surface area contributed by atoms with Crippen LogP contribution in [0.15, 0.2) is 40.9 Å². The Balaban J connectivity index is 1.56. The minimum Gasteiger partial charge on any atom is -0.355 e. The molecule has 0 aliphatic carbocycles. The summed E-state index contributed by atoms with van der Waals surface area (Å²) in [6, 6.07) is 11.3. The van der Waals surface area contributed by atoms with Crippen LogP contribution in [0.3, 0.4) is 0 Å². The van der Waals surface area contributed by atoms with Crippen molar-refractivity contribution in [2.24, 2.45) is 5.41 Å². The molecule has 1 aliphatic rings. The van der Waals surface area contributed by atoms with E-state index in [9.17, 15) is 9.59 Å². The van der Waals surface area contributed by atoms with Gasteiger partial charge >= 0.3 is 0 Å². The summed E-state index contributed by atoms with van der Waals surface area (Å²) < 4.78 is 5.24. The van der Waals surface area contributed by atoms with Crippen molar-refractivity contribution in [3.8, 4) is 11.3 Å². The lowest BCUT2D eigenvalue weighted by atomic mass is 9.87. The zero-order chi connectivity index (χ0) is 19.4. The van der Waals surface area contributed by atoms with E-state index in [2.05, 4.69) is 31.2 Å². The molecule has 1 atom stereocenters. The van der Waals surface area contributed by atoms with E-state index in [0.717, 1.165) is 31.4 Å². The van der Waals surface area contributed by atoms with Gasteiger partial charge in [-0.3, -0.25) is 9.59 Å². The van der Waals surface area contributed by atoms with Gasteiger partial charge in [-0.2, -0.15) is 0 Å². The second-order valence-electron chi connectivity index (χ2n) is 8.27. The van der Waals surface area contributed by atoms with Crippen molar-refractivity contribution in [3.63, 3.8) is 0 Å². The summed E-state index contributed by atoms with van der Waals surface area (Å²) in [5.74, 6) is 0.0830. The Kier molecular flexibility index (Phi) is 5.63. The predicted octanol–water partition coefficient (Wildman–Crippen LogP) is 3.50. The molecule has 6 nitrogen and oxygen atoms in total. The highest BCUT2D eigenvalue weighted by atomic mass is 16.5. The van der Waals surface area contributed by atoms with Gasteiger partial charge in [-0.1, -0.05) is 56.3 Å². The molecule has 0 radical (unpaired) electrons. The topological polar surface area (TPSA) is 75.4 Å². The van der Waals surface area contributed by atoms with E-state index >= 15 is 0 Å². The molecule has 1 N–H and O–H groups in total. The zero-order valence-electron chi connectivity index (χ0n) is 16.2. The molecule has 3 rings (SSSR count). The molecule has 6 heteroatoms. The Morgan fingerprint density at radius 1 is 1.26 bits per heavy atom. The fraction of sp³-hybridized carbons (Fsp3) is 0.476. The van der Waals surface area contributed by atoms with Crippen LogP contribution in [0.2, 0.25) is 0 Å². The van der Waals surface area contributed by atoms with Crippen LogP contribution in [-0.4, -0.2) is 41.0 Å². The molecule has 0 spiro atoms. The van der Waals surface area contributed by atoms with Crippen LogP contribution in [0.25, 0.3) is 11.3 Å². The first-order valence-corrected chi connectivity index (χ1v) is 9.43. The number of aromatic nitrogens is 1. The Bertz CT molecular complexity index is 793. The summed E-state index contributed by atoms with van der Waals surface area (Å²) in [6.07, 6.45) is 3.02. The molecule has 27 heavy (non-hydrogen) atoms. The second kappa shape index (κ2) is 7.94. The number of rotatable bonds is 5. The highest BCUT2D eigenvalue weighted by Gasteiger charge is 2.31. The van der Waals surface area contributed by atoms with E-state index in [4.69, 9.17) is 4.52 Å². The first-order valence-electron chi connectivity index (χ1n) is 9.43. The Morgan fingerprint density at radius 3 is 2.70 bits per heavy atom. The van der Waals surface area contributed by atoms with E-state index < -0.39 is 5.91 Å². The van der Waals surface area contributed by atoms with Crippen molar-refractivity contribution in [1.82, 2.24) is 15.4 Å². The molecule has 1 aromatic heterocycles. The van der Waals surface area contributed by atoms with Gasteiger partial charge in [-0.05, 0) is 24.7 Å². The van der Waals surface area contributed by atoms with Gasteiger partial charge in [0.1, 0.15) is 0 Å². The van der Waals surface area contributed by atoms with Crippen molar-refractivity contribution in [3.05, 3.63) is 42.1 Å². The molecule has 1 aromatic carbocycles. The fourth-order valence-corrected chi connectivity index (χ4v) is 3.55. The third-order valence-corrected chi connectivity index (χ3v) is 4.75. The molecule has 0 saturated carbocycles. The summed E-state index contributed by atoms with van der Waals surface area (Å²) in [7, 11) is 0. The van der Waals surface area contributed by atoms with Crippen LogP contribution in [0, 0.1) is 5.41 Å². The van der Waals surface area contributed by atoms with E-state index in [-0.39, 0.29) is 29.6 Å². The summed E-state index contributed by atoms with van der Waals surface area (Å²) in [6.45, 7) is 7.30. The van der Waals surface area contributed by atoms with E-state index in [0.29, 0.717) is 5.76 Å². The third-order valence-electron chi connectivity index (χ3n) is 4.75. The van der Waals surface area contributed by atoms with E-state index in [1.165, 1.54) is 0 Å². The van der Waals surface area contributed by atoms with Gasteiger partial charge in [-0.25, -0.2) is 0 Å². The van der Waals surface area contributed by atoms with Gasteiger partial charge in [0.15, 0.2) is 11.5 Å². The Labute approximate surface area is 159 Å². The summed E-state index contributed by atoms with van der Waals surface area (Å²) in [5, 5.41) is 6.49. The van der Waals surface area contributed by atoms with Crippen LogP contribution in [0.4, 0.5) is 0 Å². The molecule has 1 saturated heterocycles. The summed E-state index contributed by atoms with van der Waals surface area (Å²) >= 11 is 0. The lowest BCUT2D eigenvalue weighted by Gasteiger charge is -2.30. The second-order valence-corrected chi connectivity index (χ2v) is 8.27. The SMILES string of the molecule is CC(C)(C)C[C@@H]1CCCN1C(=O)CNC(=O)c1cc(-c2ccccc2)on1. The maximum Gasteiger partial charge on any atom is 0.273 e. The smallest absolute Gasteiger partial charge is 0.273 e. The highest BCUT2D eigenvalue weighted by Crippen LogP contribution is 2.29. The normalized spacial score (nSPS) is 17.1. The standard InChI is InChI=1S/C21H27N3O3/c1-21(2,3)13-16-10-7-11-24(16)19(25)14-22-20(26)17-12-18(27-23-17)15-8-5-4-6-9-15/h4-6,8-9,12,16H,7,10-11,13-14H2,1-3H3,(H,22,26)/t16-/m0/s1. The monoisotopic (exact) mass is 369 g/mol. The van der Waals surface area contributed by atoms with Gasteiger partial charge in [0.2, 0.25) is 5.91 Å². The highest BCUT2D eigenvalue weighted by molar-refractivity contribution is 5.95. The number of hydrogen-bond donors (Lipinski definition) is 1. The van der Waals surface area contributed by atoms with Crippen molar-refractivity contribution in [2.45, 2.75) is 46.1 Å². The quantitative estimate of drug-likeness (QED) is 0.875. The van der Waals surface area contributed by atoms with Crippen molar-refractivity contribution in [1.29, 1.82) is 0 Å². The molecule has 2 amide bonds. The van der Waals surface area contributed by atoms with Gasteiger partial charge in [0.05, 0.1) is 6.54 Å². The van der Waals surface area contributed by atoms with E-state index in [1.54, 1.807) is 6.07 Å². The number of hydrogen-bond acceptors (Lipinski definition) is 4. The molecule has 144 valence electrons. The Hall–Kier alpha value is -2.63. The molecule has 2 aromatic rings. The van der Waals surface area contributed by atoms with Crippen LogP contribution in [0.5, 0.6) is 0 Å². The van der Waals surface area contributed by atoms with Crippen molar-refractivity contribution < 1.29 is 14.1 Å². The van der Waals surface area contributed by atoms with Gasteiger partial charge in [-0.15, -0.1) is 0 Å². The molecule has 0 bridgehead atoms. The van der Waals surface area contributed by atoms with Crippen LogP contribution in [-0.2, 0) is 4.79 Å². The number of amides is 2. The van der Waals surface area contributed by atoms with Gasteiger partial charge in [0, 0.05) is 24.2 Å². The number of likely N-dealkylation sites (tertiary alicyclic amines) is 1. The van der Waals surface area contributed by atoms with Crippen LogP contribution < -0.4 is 5.32 Å². The first-order chi connectivity index (χ1) is 12.8. The van der Waals surface area contributed by atoms with Gasteiger partial charge in [0.25, 0.3) is 5.91 Å². The third kappa shape index (κ3) is 4.96. The number of benzene rings is 1. The molecule has 1 fully saturated rings. The summed E-state index contributed by atoms with van der Waals surface area (Å²) in [4.78, 5) is 26.8. The number of carbonyl (C=O) groups excluding carboxylic acids is 2. The van der Waals surface area contributed by atoms with Crippen LogP contribution in [0.1, 0.15) is 50.5 Å². The number of carbonyl (C=O) groups is 2. The first kappa shape index (κ1) is 19.1. The number of nitrogens with zero attached hydrogens (tertiary/aromatic N) is 2. The maximum absolute atomic E-state index is 12.6. The lowest BCUT2D eigenvalue weighted by Crippen LogP contribution is -2.43. The largest absolute Gasteiger partial charge is 0.355 e. The molecule has 2 heterocycles. The predicted molar refractivity (Wildman–Crippen MR) is 103 cm³/mol. The molecule has 0 unspecified atom stereocenters. The Morgan fingerprint density at radius 2 is 2.00 bits per heavy atom.